The highest BCUT2D eigenvalue weighted by Crippen LogP contribution is 2.40. The maximum absolute atomic E-state index is 13.2. The predicted octanol–water partition coefficient (Wildman–Crippen LogP) is 4.25. The monoisotopic (exact) mass is 415 g/mol. The number of benzene rings is 2. The van der Waals surface area contributed by atoms with Crippen molar-refractivity contribution >= 4 is 43.2 Å². The summed E-state index contributed by atoms with van der Waals surface area (Å²) in [7, 11) is -2.33. The molecule has 1 atom stereocenters. The Balaban J connectivity index is 2.17. The molecule has 3 rings (SSSR count). The molecule has 0 radical (unpaired) electrons. The number of hydrogen-bond acceptors (Lipinski definition) is 3. The first-order valence-electron chi connectivity index (χ1n) is 7.01. The molecule has 0 spiro atoms. The first-order valence-corrected chi connectivity index (χ1v) is 9.62. The molecule has 0 saturated heterocycles. The molecule has 0 bridgehead atoms. The molecule has 1 unspecified atom stereocenters. The molecule has 0 N–H and O–H groups in total. The number of methoxy groups -OCH3 is 1. The van der Waals surface area contributed by atoms with Gasteiger partial charge in [-0.1, -0.05) is 27.5 Å². The normalized spacial score (nSPS) is 17.2. The zero-order valence-electron chi connectivity index (χ0n) is 12.6. The maximum Gasteiger partial charge on any atom is 0.268 e. The largest absolute Gasteiger partial charge is 0.495 e. The molecule has 0 amide bonds. The molecule has 7 heteroatoms. The Bertz CT molecular complexity index is 870. The SMILES string of the molecule is COc1ccc(Cl)cc1S(=O)(=O)N1c2ccc(Br)cc2CC1C. The summed E-state index contributed by atoms with van der Waals surface area (Å²) >= 11 is 9.43. The molecular formula is C16H15BrClNO3S. The fourth-order valence-electron chi connectivity index (χ4n) is 2.90. The highest BCUT2D eigenvalue weighted by Gasteiger charge is 2.37. The van der Waals surface area contributed by atoms with Crippen LogP contribution in [-0.2, 0) is 16.4 Å². The molecular weight excluding hydrogens is 402 g/mol. The number of sulfonamides is 1. The van der Waals surface area contributed by atoms with Crippen LogP contribution in [0.5, 0.6) is 5.75 Å². The van der Waals surface area contributed by atoms with Gasteiger partial charge in [-0.05, 0) is 55.3 Å². The third kappa shape index (κ3) is 2.84. The number of ether oxygens (including phenoxy) is 1. The van der Waals surface area contributed by atoms with Crippen LogP contribution in [0.4, 0.5) is 5.69 Å². The number of halogens is 2. The number of rotatable bonds is 3. The van der Waals surface area contributed by atoms with Gasteiger partial charge in [0.2, 0.25) is 0 Å². The molecule has 0 aliphatic carbocycles. The van der Waals surface area contributed by atoms with E-state index in [1.165, 1.54) is 17.5 Å². The van der Waals surface area contributed by atoms with Gasteiger partial charge in [0.1, 0.15) is 10.6 Å². The Morgan fingerprint density at radius 1 is 1.26 bits per heavy atom. The topological polar surface area (TPSA) is 46.6 Å². The fourth-order valence-corrected chi connectivity index (χ4v) is 5.42. The highest BCUT2D eigenvalue weighted by molar-refractivity contribution is 9.10. The van der Waals surface area contributed by atoms with Crippen LogP contribution < -0.4 is 9.04 Å². The van der Waals surface area contributed by atoms with Crippen molar-refractivity contribution < 1.29 is 13.2 Å². The molecule has 4 nitrogen and oxygen atoms in total. The van der Waals surface area contributed by atoms with Crippen LogP contribution >= 0.6 is 27.5 Å². The van der Waals surface area contributed by atoms with Crippen LogP contribution in [-0.4, -0.2) is 21.6 Å². The number of nitrogens with zero attached hydrogens (tertiary/aromatic N) is 1. The lowest BCUT2D eigenvalue weighted by molar-refractivity contribution is 0.402. The molecule has 2 aromatic rings. The number of hydrogen-bond donors (Lipinski definition) is 0. The Hall–Kier alpha value is -1.24. The van der Waals surface area contributed by atoms with E-state index in [0.29, 0.717) is 17.1 Å². The van der Waals surface area contributed by atoms with E-state index in [-0.39, 0.29) is 16.7 Å². The Labute approximate surface area is 149 Å². The maximum atomic E-state index is 13.2. The predicted molar refractivity (Wildman–Crippen MR) is 95.0 cm³/mol. The van der Waals surface area contributed by atoms with Gasteiger partial charge in [-0.25, -0.2) is 8.42 Å². The van der Waals surface area contributed by atoms with Gasteiger partial charge in [0.15, 0.2) is 0 Å². The minimum Gasteiger partial charge on any atom is -0.495 e. The minimum absolute atomic E-state index is 0.0788. The lowest BCUT2D eigenvalue weighted by Gasteiger charge is -2.25. The standard InChI is InChI=1S/C16H15BrClNO3S/c1-10-7-11-8-12(17)3-5-14(11)19(10)23(20,21)16-9-13(18)4-6-15(16)22-2/h3-6,8-10H,7H2,1-2H3. The van der Waals surface area contributed by atoms with Gasteiger partial charge in [-0.3, -0.25) is 4.31 Å². The van der Waals surface area contributed by atoms with Crippen LogP contribution in [0, 0.1) is 0 Å². The Morgan fingerprint density at radius 2 is 2.00 bits per heavy atom. The Kier molecular flexibility index (Phi) is 4.33. The quantitative estimate of drug-likeness (QED) is 0.751. The van der Waals surface area contributed by atoms with Gasteiger partial charge in [0, 0.05) is 15.5 Å². The van der Waals surface area contributed by atoms with E-state index in [9.17, 15) is 8.42 Å². The third-order valence-corrected chi connectivity index (χ3v) is 6.53. The summed E-state index contributed by atoms with van der Waals surface area (Å²) in [5.41, 5.74) is 1.69. The van der Waals surface area contributed by atoms with E-state index in [1.54, 1.807) is 12.1 Å². The van der Waals surface area contributed by atoms with Gasteiger partial charge < -0.3 is 4.74 Å². The summed E-state index contributed by atoms with van der Waals surface area (Å²) in [5.74, 6) is 0.284. The molecule has 1 aliphatic heterocycles. The van der Waals surface area contributed by atoms with Crippen molar-refractivity contribution in [3.8, 4) is 5.75 Å². The molecule has 0 saturated carbocycles. The zero-order chi connectivity index (χ0) is 16.8. The van der Waals surface area contributed by atoms with E-state index in [4.69, 9.17) is 16.3 Å². The second kappa shape index (κ2) is 6.00. The second-order valence-electron chi connectivity index (χ2n) is 5.42. The van der Waals surface area contributed by atoms with Gasteiger partial charge in [0.25, 0.3) is 10.0 Å². The molecule has 1 aliphatic rings. The van der Waals surface area contributed by atoms with E-state index < -0.39 is 10.0 Å². The van der Waals surface area contributed by atoms with Crippen LogP contribution in [0.2, 0.25) is 5.02 Å². The number of fused-ring (bicyclic) bond motifs is 1. The smallest absolute Gasteiger partial charge is 0.268 e. The second-order valence-corrected chi connectivity index (χ2v) is 8.56. The minimum atomic E-state index is -3.77. The van der Waals surface area contributed by atoms with E-state index in [1.807, 2.05) is 25.1 Å². The average molecular weight is 417 g/mol. The molecule has 1 heterocycles. The van der Waals surface area contributed by atoms with Crippen LogP contribution in [0.25, 0.3) is 0 Å². The molecule has 2 aromatic carbocycles. The van der Waals surface area contributed by atoms with Crippen molar-refractivity contribution in [3.63, 3.8) is 0 Å². The summed E-state index contributed by atoms with van der Waals surface area (Å²) in [6.07, 6.45) is 0.664. The lowest BCUT2D eigenvalue weighted by Crippen LogP contribution is -2.35. The van der Waals surface area contributed by atoms with Crippen molar-refractivity contribution in [2.75, 3.05) is 11.4 Å². The first kappa shape index (κ1) is 16.6. The van der Waals surface area contributed by atoms with Crippen LogP contribution in [0.15, 0.2) is 45.8 Å². The highest BCUT2D eigenvalue weighted by atomic mass is 79.9. The molecule has 122 valence electrons. The third-order valence-electron chi connectivity index (χ3n) is 3.86. The molecule has 0 fully saturated rings. The molecule has 0 aromatic heterocycles. The molecule has 23 heavy (non-hydrogen) atoms. The lowest BCUT2D eigenvalue weighted by atomic mass is 10.1. The average Bonchev–Trinajstić information content (AvgIpc) is 2.82. The van der Waals surface area contributed by atoms with Crippen LogP contribution in [0.3, 0.4) is 0 Å². The zero-order valence-corrected chi connectivity index (χ0v) is 15.7. The van der Waals surface area contributed by atoms with Crippen molar-refractivity contribution in [2.24, 2.45) is 0 Å². The summed E-state index contributed by atoms with van der Waals surface area (Å²) in [6, 6.07) is 10.0. The summed E-state index contributed by atoms with van der Waals surface area (Å²) in [5, 5.41) is 0.354. The van der Waals surface area contributed by atoms with Crippen molar-refractivity contribution in [2.45, 2.75) is 24.3 Å². The number of anilines is 1. The van der Waals surface area contributed by atoms with Gasteiger partial charge >= 0.3 is 0 Å². The van der Waals surface area contributed by atoms with Crippen molar-refractivity contribution in [1.29, 1.82) is 0 Å². The Morgan fingerprint density at radius 3 is 2.70 bits per heavy atom. The van der Waals surface area contributed by atoms with Crippen LogP contribution in [0.1, 0.15) is 12.5 Å². The van der Waals surface area contributed by atoms with E-state index in [2.05, 4.69) is 15.9 Å². The first-order chi connectivity index (χ1) is 10.8. The summed E-state index contributed by atoms with van der Waals surface area (Å²) in [4.78, 5) is 0.0788. The van der Waals surface area contributed by atoms with Gasteiger partial charge in [0.05, 0.1) is 12.8 Å². The summed E-state index contributed by atoms with van der Waals surface area (Å²) < 4.78 is 34.0. The van der Waals surface area contributed by atoms with Crippen molar-refractivity contribution in [3.05, 3.63) is 51.5 Å². The van der Waals surface area contributed by atoms with E-state index >= 15 is 0 Å². The van der Waals surface area contributed by atoms with Crippen molar-refractivity contribution in [1.82, 2.24) is 0 Å². The summed E-state index contributed by atoms with van der Waals surface area (Å²) in [6.45, 7) is 1.89. The van der Waals surface area contributed by atoms with E-state index in [0.717, 1.165) is 10.0 Å². The van der Waals surface area contributed by atoms with Gasteiger partial charge in [-0.15, -0.1) is 0 Å². The van der Waals surface area contributed by atoms with Gasteiger partial charge in [-0.2, -0.15) is 0 Å². The fraction of sp³-hybridized carbons (Fsp3) is 0.250.